The molecule has 7 N–H and O–H groups in total. The molecule has 2 atom stereocenters. The number of carbonyl (C=O) groups is 4. The molecule has 22 nitrogen and oxygen atoms in total. The lowest BCUT2D eigenvalue weighted by Crippen LogP contribution is -2.41. The molecular weight excluding hydrogens is 1050 g/mol. The number of carboxylic acids is 1. The maximum atomic E-state index is 13.2. The van der Waals surface area contributed by atoms with E-state index >= 15 is 0 Å². The largest absolute Gasteiger partial charge is 0.493 e. The van der Waals surface area contributed by atoms with E-state index in [9.17, 15) is 24.3 Å². The van der Waals surface area contributed by atoms with E-state index < -0.39 is 11.9 Å². The van der Waals surface area contributed by atoms with Crippen molar-refractivity contribution in [1.29, 1.82) is 0 Å². The number of methoxy groups -OCH3 is 4. The molecule has 408 valence electrons. The van der Waals surface area contributed by atoms with E-state index in [1.807, 2.05) is 71.6 Å². The Bertz CT molecular complexity index is 3600. The number of benzene rings is 4. The second-order valence-electron chi connectivity index (χ2n) is 19.1. The van der Waals surface area contributed by atoms with Gasteiger partial charge in [-0.1, -0.05) is 6.07 Å². The number of fused-ring (bicyclic) bond motifs is 4. The Hall–Kier alpha value is -8.90. The third-order valence-corrected chi connectivity index (χ3v) is 15.2. The number of amides is 2. The molecule has 2 amide bonds. The highest BCUT2D eigenvalue weighted by Crippen LogP contribution is 2.36. The Morgan fingerprint density at radius 3 is 1.75 bits per heavy atom. The van der Waals surface area contributed by atoms with Gasteiger partial charge in [0.1, 0.15) is 16.8 Å². The van der Waals surface area contributed by atoms with Crippen LogP contribution in [0.15, 0.2) is 83.8 Å². The SMILES string of the molecule is COc1ccc(Nc2nc(N3CCCC(C(=O)Nc4ccc5c(c4)CC(=O)C5)C3)nc3scnc23)cc1OC.COc1ccc(Nc2nc(N3CCCC(C(=O)O)C3)nc3scnc23)cc1OC.Nc1ccc2c(c1)CC(=O)N2. The minimum Gasteiger partial charge on any atom is -0.493 e. The van der Waals surface area contributed by atoms with E-state index in [1.54, 1.807) is 45.5 Å². The van der Waals surface area contributed by atoms with Crippen LogP contribution in [0.5, 0.6) is 23.0 Å². The van der Waals surface area contributed by atoms with Gasteiger partial charge in [-0.2, -0.15) is 19.9 Å². The van der Waals surface area contributed by atoms with Crippen LogP contribution >= 0.6 is 22.7 Å². The number of ether oxygens (including phenoxy) is 4. The fourth-order valence-corrected chi connectivity index (χ4v) is 11.1. The fraction of sp³-hybridized carbons (Fsp3) is 0.309. The average Bonchev–Trinajstić information content (AvgIpc) is 4.33. The number of nitrogens with one attached hydrogen (secondary N) is 4. The van der Waals surface area contributed by atoms with Crippen molar-refractivity contribution in [3.05, 3.63) is 101 Å². The third kappa shape index (κ3) is 12.3. The number of hydrogen-bond acceptors (Lipinski definition) is 21. The maximum Gasteiger partial charge on any atom is 0.308 e. The first kappa shape index (κ1) is 53.5. The van der Waals surface area contributed by atoms with Gasteiger partial charge in [0.2, 0.25) is 23.7 Å². The number of aromatic nitrogens is 6. The lowest BCUT2D eigenvalue weighted by Gasteiger charge is -2.32. The molecule has 4 aromatic carbocycles. The zero-order valence-electron chi connectivity index (χ0n) is 43.7. The molecule has 0 saturated carbocycles. The molecule has 7 heterocycles. The monoisotopic (exact) mass is 1110 g/mol. The second kappa shape index (κ2) is 23.8. The summed E-state index contributed by atoms with van der Waals surface area (Å²) < 4.78 is 21.4. The van der Waals surface area contributed by atoms with Crippen LogP contribution in [0, 0.1) is 11.8 Å². The summed E-state index contributed by atoms with van der Waals surface area (Å²) in [5.41, 5.74) is 17.3. The van der Waals surface area contributed by atoms with Gasteiger partial charge in [-0.25, -0.2) is 9.97 Å². The van der Waals surface area contributed by atoms with Crippen molar-refractivity contribution >= 4 is 119 Å². The predicted molar refractivity (Wildman–Crippen MR) is 304 cm³/mol. The summed E-state index contributed by atoms with van der Waals surface area (Å²) in [5.74, 6) is 3.52. The number of aliphatic carboxylic acids is 1. The number of nitrogen functional groups attached to an aromatic ring is 1. The molecule has 0 spiro atoms. The number of nitrogens with zero attached hydrogens (tertiary/aromatic N) is 8. The van der Waals surface area contributed by atoms with Gasteiger partial charge in [0.15, 0.2) is 44.3 Å². The van der Waals surface area contributed by atoms with Crippen molar-refractivity contribution < 1.29 is 43.2 Å². The van der Waals surface area contributed by atoms with Crippen molar-refractivity contribution in [1.82, 2.24) is 29.9 Å². The summed E-state index contributed by atoms with van der Waals surface area (Å²) >= 11 is 2.87. The number of anilines is 9. The smallest absolute Gasteiger partial charge is 0.308 e. The van der Waals surface area contributed by atoms with Crippen molar-refractivity contribution in [2.45, 2.75) is 44.9 Å². The van der Waals surface area contributed by atoms with Crippen molar-refractivity contribution in [3.8, 4) is 23.0 Å². The van der Waals surface area contributed by atoms with E-state index in [2.05, 4.69) is 46.1 Å². The highest BCUT2D eigenvalue weighted by molar-refractivity contribution is 7.16. The van der Waals surface area contributed by atoms with Crippen LogP contribution in [-0.4, -0.2) is 113 Å². The first-order valence-electron chi connectivity index (χ1n) is 25.4. The van der Waals surface area contributed by atoms with Gasteiger partial charge in [-0.05, 0) is 97.0 Å². The molecule has 2 fully saturated rings. The number of hydrogen-bond donors (Lipinski definition) is 6. The number of carbonyl (C=O) groups excluding carboxylic acids is 3. The summed E-state index contributed by atoms with van der Waals surface area (Å²) in [7, 11) is 6.36. The summed E-state index contributed by atoms with van der Waals surface area (Å²) in [6.07, 6.45) is 4.47. The van der Waals surface area contributed by atoms with E-state index in [0.717, 1.165) is 81.5 Å². The first-order chi connectivity index (χ1) is 38.3. The van der Waals surface area contributed by atoms with Crippen LogP contribution in [0.4, 0.5) is 52.0 Å². The zero-order valence-corrected chi connectivity index (χ0v) is 45.3. The lowest BCUT2D eigenvalue weighted by molar-refractivity contribution is -0.142. The minimum atomic E-state index is -0.780. The lowest BCUT2D eigenvalue weighted by atomic mass is 9.97. The molecule has 12 rings (SSSR count). The average molecular weight is 1110 g/mol. The molecule has 3 aliphatic heterocycles. The number of rotatable bonds is 13. The normalized spacial score (nSPS) is 16.4. The molecule has 79 heavy (non-hydrogen) atoms. The molecule has 8 aromatic rings. The highest BCUT2D eigenvalue weighted by Gasteiger charge is 2.30. The molecule has 0 bridgehead atoms. The maximum absolute atomic E-state index is 13.2. The molecule has 4 aromatic heterocycles. The standard InChI is InChI=1S/C28H28N6O4S.C19H21N5O4S.C8H8N2O/c1-37-22-8-7-20(13-23(22)38-2)30-25-24-27(39-15-29-24)33-28(32-25)34-9-3-4-17(14-34)26(36)31-19-6-5-16-11-21(35)12-18(16)10-19;1-27-13-6-5-12(8-14(13)28-2)21-16-15-17(29-10-20-15)23-19(22-16)24-7-3-4-11(9-24)18(25)26;9-6-1-2-7-5(3-6)4-8(11)10-7/h5-8,10,13,15,17H,3-4,9,11-12,14H2,1-2H3,(H,31,36)(H,30,32,33);5-6,8,10-11H,3-4,7,9H2,1-2H3,(H,25,26)(H,21,22,23);1-3H,4,9H2,(H,10,11). The Balaban J connectivity index is 0.000000153. The Labute approximate surface area is 461 Å². The second-order valence-corrected chi connectivity index (χ2v) is 20.7. The van der Waals surface area contributed by atoms with Gasteiger partial charge in [0, 0.05) is 79.6 Å². The number of thiazole rings is 2. The summed E-state index contributed by atoms with van der Waals surface area (Å²) in [5, 5.41) is 21.8. The Morgan fingerprint density at radius 1 is 0.633 bits per heavy atom. The molecule has 2 saturated heterocycles. The number of carboxylic acid groups (broad SMARTS) is 1. The molecule has 2 unspecified atom stereocenters. The molecule has 1 aliphatic carbocycles. The Morgan fingerprint density at radius 2 is 1.18 bits per heavy atom. The first-order valence-corrected chi connectivity index (χ1v) is 27.2. The van der Waals surface area contributed by atoms with Crippen LogP contribution in [0.1, 0.15) is 42.4 Å². The number of nitrogens with two attached hydrogens (primary N) is 1. The van der Waals surface area contributed by atoms with E-state index in [4.69, 9.17) is 34.6 Å². The van der Waals surface area contributed by atoms with Gasteiger partial charge in [-0.3, -0.25) is 19.2 Å². The number of piperidine rings is 2. The van der Waals surface area contributed by atoms with Gasteiger partial charge in [0.05, 0.1) is 57.7 Å². The van der Waals surface area contributed by atoms with E-state index in [1.165, 1.54) is 22.7 Å². The van der Waals surface area contributed by atoms with Crippen LogP contribution in [0.2, 0.25) is 0 Å². The van der Waals surface area contributed by atoms with Gasteiger partial charge >= 0.3 is 5.97 Å². The molecular formula is C55H57N13O9S2. The molecule has 24 heteroatoms. The molecule has 4 aliphatic rings. The van der Waals surface area contributed by atoms with Crippen LogP contribution < -0.4 is 55.7 Å². The molecule has 0 radical (unpaired) electrons. The van der Waals surface area contributed by atoms with Gasteiger partial charge in [-0.15, -0.1) is 22.7 Å². The van der Waals surface area contributed by atoms with E-state index in [0.29, 0.717) is 102 Å². The predicted octanol–water partition coefficient (Wildman–Crippen LogP) is 8.28. The number of ketones is 1. The van der Waals surface area contributed by atoms with E-state index in [-0.39, 0.29) is 23.5 Å². The van der Waals surface area contributed by atoms with Crippen molar-refractivity contribution in [2.75, 3.05) is 91.4 Å². The van der Waals surface area contributed by atoms with Crippen molar-refractivity contribution in [3.63, 3.8) is 0 Å². The zero-order chi connectivity index (χ0) is 55.2. The quantitative estimate of drug-likeness (QED) is 0.0592. The summed E-state index contributed by atoms with van der Waals surface area (Å²) in [4.78, 5) is 80.5. The van der Waals surface area contributed by atoms with Gasteiger partial charge < -0.3 is 60.9 Å². The fourth-order valence-electron chi connectivity index (χ4n) is 9.81. The Kier molecular flexibility index (Phi) is 16.1. The summed E-state index contributed by atoms with van der Waals surface area (Å²) in [6, 6.07) is 22.2. The summed E-state index contributed by atoms with van der Waals surface area (Å²) in [6.45, 7) is 2.39. The van der Waals surface area contributed by atoms with Crippen LogP contribution in [-0.2, 0) is 38.4 Å². The van der Waals surface area contributed by atoms with Crippen LogP contribution in [0.3, 0.4) is 0 Å². The van der Waals surface area contributed by atoms with Crippen LogP contribution in [0.25, 0.3) is 20.7 Å². The minimum absolute atomic E-state index is 0.0356. The third-order valence-electron chi connectivity index (χ3n) is 13.8. The highest BCUT2D eigenvalue weighted by atomic mass is 32.1. The van der Waals surface area contributed by atoms with Crippen molar-refractivity contribution in [2.24, 2.45) is 11.8 Å². The van der Waals surface area contributed by atoms with Gasteiger partial charge in [0.25, 0.3) is 0 Å². The number of Topliss-reactive ketones (excluding diaryl/α,β-unsaturated/α-hetero) is 1. The topological polar surface area (TPSA) is 283 Å².